The van der Waals surface area contributed by atoms with Crippen LogP contribution in [-0.2, 0) is 0 Å². The molecule has 0 unspecified atom stereocenters. The molecule has 0 aliphatic heterocycles. The Balaban J connectivity index is 1.32. The van der Waals surface area contributed by atoms with Gasteiger partial charge in [0.05, 0.1) is 16.7 Å². The van der Waals surface area contributed by atoms with Crippen LogP contribution in [0.3, 0.4) is 0 Å². The third kappa shape index (κ3) is 3.55. The zero-order chi connectivity index (χ0) is 25.8. The molecular weight excluding hydrogens is 482 g/mol. The number of nitrogens with zero attached hydrogens (tertiary/aromatic N) is 3. The van der Waals surface area contributed by atoms with Crippen LogP contribution in [0.2, 0.25) is 0 Å². The van der Waals surface area contributed by atoms with E-state index in [9.17, 15) is 0 Å². The maximum Gasteiger partial charge on any atom is 0.137 e. The third-order valence-corrected chi connectivity index (χ3v) is 7.14. The molecule has 0 saturated carbocycles. The second-order valence-corrected chi connectivity index (χ2v) is 9.51. The van der Waals surface area contributed by atoms with Crippen molar-refractivity contribution in [1.82, 2.24) is 14.5 Å². The van der Waals surface area contributed by atoms with E-state index in [-0.39, 0.29) is 0 Å². The molecule has 0 aliphatic carbocycles. The summed E-state index contributed by atoms with van der Waals surface area (Å²) in [4.78, 5) is 9.16. The number of aromatic nitrogens is 3. The third-order valence-electron chi connectivity index (χ3n) is 7.14. The highest BCUT2D eigenvalue weighted by Crippen LogP contribution is 2.39. The Hall–Kier alpha value is -5.42. The Morgan fingerprint density at radius 1 is 0.538 bits per heavy atom. The molecule has 4 aromatic carbocycles. The lowest BCUT2D eigenvalue weighted by atomic mass is 10.1. The van der Waals surface area contributed by atoms with Crippen LogP contribution in [0, 0.1) is 0 Å². The van der Waals surface area contributed by atoms with Crippen LogP contribution in [-0.4, -0.2) is 14.5 Å². The molecule has 0 saturated heterocycles. The van der Waals surface area contributed by atoms with E-state index >= 15 is 0 Å². The van der Waals surface area contributed by atoms with E-state index in [1.54, 1.807) is 6.20 Å². The molecule has 0 aliphatic rings. The lowest BCUT2D eigenvalue weighted by molar-refractivity contribution is 0.483. The van der Waals surface area contributed by atoms with Crippen molar-refractivity contribution in [3.05, 3.63) is 128 Å². The van der Waals surface area contributed by atoms with Gasteiger partial charge in [-0.15, -0.1) is 0 Å². The lowest BCUT2D eigenvalue weighted by Crippen LogP contribution is -1.96. The average molecular weight is 504 g/mol. The summed E-state index contributed by atoms with van der Waals surface area (Å²) >= 11 is 0. The molecule has 0 radical (unpaired) electrons. The standard InChI is InChI=1S/C34H21N3O2/c1-2-12-32-26(10-1)28-20-27-25-15-14-24(38-23-9-7-8-22(18-23)29-11-3-5-16-35-29)19-30(25)37(31(27)21-33(28)39-32)34-13-4-6-17-36-34/h1-21H. The van der Waals surface area contributed by atoms with Gasteiger partial charge in [0.2, 0.25) is 0 Å². The van der Waals surface area contributed by atoms with Crippen molar-refractivity contribution in [2.75, 3.05) is 0 Å². The van der Waals surface area contributed by atoms with E-state index in [2.05, 4.69) is 44.9 Å². The lowest BCUT2D eigenvalue weighted by Gasteiger charge is -2.10. The van der Waals surface area contributed by atoms with Crippen molar-refractivity contribution in [3.63, 3.8) is 0 Å². The van der Waals surface area contributed by atoms with Crippen molar-refractivity contribution in [2.45, 2.75) is 0 Å². The zero-order valence-corrected chi connectivity index (χ0v) is 20.8. The first-order valence-corrected chi connectivity index (χ1v) is 12.8. The van der Waals surface area contributed by atoms with Crippen LogP contribution < -0.4 is 4.74 Å². The number of benzene rings is 4. The van der Waals surface area contributed by atoms with Crippen LogP contribution in [0.15, 0.2) is 132 Å². The van der Waals surface area contributed by atoms with E-state index in [1.807, 2.05) is 91.1 Å². The molecular formula is C34H21N3O2. The second kappa shape index (κ2) is 8.57. The number of hydrogen-bond acceptors (Lipinski definition) is 4. The van der Waals surface area contributed by atoms with Gasteiger partial charge in [0.25, 0.3) is 0 Å². The summed E-state index contributed by atoms with van der Waals surface area (Å²) < 4.78 is 14.8. The van der Waals surface area contributed by atoms with Gasteiger partial charge >= 0.3 is 0 Å². The molecule has 0 amide bonds. The SMILES string of the molecule is c1ccc(-c2cccc(Oc3ccc4c5cc6c(cc5n(-c5ccccn5)c4c3)oc3ccccc36)c2)nc1. The normalized spacial score (nSPS) is 11.6. The van der Waals surface area contributed by atoms with Gasteiger partial charge in [-0.2, -0.15) is 0 Å². The summed E-state index contributed by atoms with van der Waals surface area (Å²) in [5, 5.41) is 4.47. The Morgan fingerprint density at radius 3 is 2.23 bits per heavy atom. The summed E-state index contributed by atoms with van der Waals surface area (Å²) in [5.41, 5.74) is 5.70. The highest BCUT2D eigenvalue weighted by molar-refractivity contribution is 6.17. The molecule has 184 valence electrons. The fourth-order valence-electron chi connectivity index (χ4n) is 5.40. The van der Waals surface area contributed by atoms with Crippen molar-refractivity contribution >= 4 is 43.7 Å². The minimum Gasteiger partial charge on any atom is -0.457 e. The average Bonchev–Trinajstić information content (AvgIpc) is 3.51. The van der Waals surface area contributed by atoms with Crippen LogP contribution in [0.4, 0.5) is 0 Å². The van der Waals surface area contributed by atoms with Crippen molar-refractivity contribution < 1.29 is 9.15 Å². The van der Waals surface area contributed by atoms with E-state index in [4.69, 9.17) is 9.15 Å². The quantitative estimate of drug-likeness (QED) is 0.241. The van der Waals surface area contributed by atoms with Crippen LogP contribution in [0.25, 0.3) is 60.8 Å². The zero-order valence-electron chi connectivity index (χ0n) is 20.8. The van der Waals surface area contributed by atoms with Crippen molar-refractivity contribution in [3.8, 4) is 28.6 Å². The number of rotatable bonds is 4. The molecule has 0 bridgehead atoms. The minimum absolute atomic E-state index is 0.745. The molecule has 5 nitrogen and oxygen atoms in total. The summed E-state index contributed by atoms with van der Waals surface area (Å²) in [7, 11) is 0. The van der Waals surface area contributed by atoms with E-state index in [1.165, 1.54) is 0 Å². The monoisotopic (exact) mass is 503 g/mol. The molecule has 39 heavy (non-hydrogen) atoms. The smallest absolute Gasteiger partial charge is 0.137 e. The van der Waals surface area contributed by atoms with Gasteiger partial charge in [-0.3, -0.25) is 9.55 Å². The molecule has 0 fully saturated rings. The van der Waals surface area contributed by atoms with Crippen LogP contribution in [0.1, 0.15) is 0 Å². The van der Waals surface area contributed by atoms with Gasteiger partial charge in [0, 0.05) is 51.6 Å². The summed E-state index contributed by atoms with van der Waals surface area (Å²) in [6, 6.07) is 38.6. The van der Waals surface area contributed by atoms with E-state index in [0.717, 1.165) is 72.3 Å². The predicted molar refractivity (Wildman–Crippen MR) is 156 cm³/mol. The number of furan rings is 1. The molecule has 4 aromatic heterocycles. The Bertz CT molecular complexity index is 2140. The van der Waals surface area contributed by atoms with E-state index in [0.29, 0.717) is 0 Å². The highest BCUT2D eigenvalue weighted by Gasteiger charge is 2.17. The van der Waals surface area contributed by atoms with Gasteiger partial charge in [0.15, 0.2) is 0 Å². The van der Waals surface area contributed by atoms with Crippen molar-refractivity contribution in [2.24, 2.45) is 0 Å². The summed E-state index contributed by atoms with van der Waals surface area (Å²) in [6.45, 7) is 0. The van der Waals surface area contributed by atoms with Gasteiger partial charge in [0.1, 0.15) is 28.5 Å². The fourth-order valence-corrected chi connectivity index (χ4v) is 5.40. The predicted octanol–water partition coefficient (Wildman–Crippen LogP) is 8.93. The van der Waals surface area contributed by atoms with Gasteiger partial charge < -0.3 is 9.15 Å². The minimum atomic E-state index is 0.745. The maximum absolute atomic E-state index is 6.38. The number of fused-ring (bicyclic) bond motifs is 6. The van der Waals surface area contributed by atoms with Gasteiger partial charge in [-0.25, -0.2) is 4.98 Å². The van der Waals surface area contributed by atoms with Crippen molar-refractivity contribution in [1.29, 1.82) is 0 Å². The first-order chi connectivity index (χ1) is 19.3. The molecule has 8 aromatic rings. The molecule has 5 heteroatoms. The first kappa shape index (κ1) is 21.6. The number of ether oxygens (including phenoxy) is 1. The summed E-state index contributed by atoms with van der Waals surface area (Å²) in [5.74, 6) is 2.33. The van der Waals surface area contributed by atoms with Gasteiger partial charge in [-0.05, 0) is 60.7 Å². The number of para-hydroxylation sites is 1. The molecule has 0 N–H and O–H groups in total. The van der Waals surface area contributed by atoms with Crippen LogP contribution >= 0.6 is 0 Å². The molecule has 4 heterocycles. The fraction of sp³-hybridized carbons (Fsp3) is 0. The molecule has 0 spiro atoms. The van der Waals surface area contributed by atoms with E-state index < -0.39 is 0 Å². The molecule has 0 atom stereocenters. The van der Waals surface area contributed by atoms with Crippen LogP contribution in [0.5, 0.6) is 11.5 Å². The Labute approximate surface area is 223 Å². The number of pyridine rings is 2. The van der Waals surface area contributed by atoms with Gasteiger partial charge in [-0.1, -0.05) is 42.5 Å². The largest absolute Gasteiger partial charge is 0.457 e. The Kier molecular flexibility index (Phi) is 4.76. The first-order valence-electron chi connectivity index (χ1n) is 12.8. The Morgan fingerprint density at radius 2 is 1.36 bits per heavy atom. The number of hydrogen-bond donors (Lipinski definition) is 0. The topological polar surface area (TPSA) is 53.1 Å². The second-order valence-electron chi connectivity index (χ2n) is 9.51. The molecule has 8 rings (SSSR count). The highest BCUT2D eigenvalue weighted by atomic mass is 16.5. The maximum atomic E-state index is 6.38. The summed E-state index contributed by atoms with van der Waals surface area (Å²) in [6.07, 6.45) is 3.61.